The van der Waals surface area contributed by atoms with Crippen molar-refractivity contribution in [3.63, 3.8) is 0 Å². The van der Waals surface area contributed by atoms with Crippen LogP contribution >= 0.6 is 34.5 Å². The van der Waals surface area contributed by atoms with Crippen LogP contribution in [0.3, 0.4) is 0 Å². The quantitative estimate of drug-likeness (QED) is 0.820. The normalized spacial score (nSPS) is 13.4. The van der Waals surface area contributed by atoms with E-state index in [1.54, 1.807) is 11.3 Å². The van der Waals surface area contributed by atoms with Crippen LogP contribution in [-0.4, -0.2) is 26.5 Å². The Kier molecular flexibility index (Phi) is 5.12. The van der Waals surface area contributed by atoms with E-state index >= 15 is 0 Å². The molecular weight excluding hydrogens is 312 g/mol. The van der Waals surface area contributed by atoms with Gasteiger partial charge in [0.05, 0.1) is 10.7 Å². The van der Waals surface area contributed by atoms with Gasteiger partial charge in [-0.15, -0.1) is 16.4 Å². The zero-order valence-electron chi connectivity index (χ0n) is 12.3. The van der Waals surface area contributed by atoms with Gasteiger partial charge in [-0.2, -0.15) is 0 Å². The maximum Gasteiger partial charge on any atom is 0.138 e. The Bertz CT molecular complexity index is 579. The lowest BCUT2D eigenvalue weighted by Crippen LogP contribution is -2.22. The first-order valence-electron chi connectivity index (χ1n) is 6.54. The van der Waals surface area contributed by atoms with Crippen LogP contribution in [0.15, 0.2) is 0 Å². The molecule has 0 radical (unpaired) electrons. The Balaban J connectivity index is 2.14. The van der Waals surface area contributed by atoms with Crippen LogP contribution in [0, 0.1) is 6.92 Å². The van der Waals surface area contributed by atoms with Gasteiger partial charge in [-0.25, -0.2) is 4.98 Å². The largest absolute Gasteiger partial charge is 0.293 e. The molecule has 1 atom stereocenters. The highest BCUT2D eigenvalue weighted by Gasteiger charge is 2.20. The Morgan fingerprint density at radius 3 is 2.50 bits per heavy atom. The lowest BCUT2D eigenvalue weighted by Gasteiger charge is -2.23. The van der Waals surface area contributed by atoms with Crippen LogP contribution < -0.4 is 0 Å². The molecule has 0 fully saturated rings. The minimum absolute atomic E-state index is 0.290. The average Bonchev–Trinajstić information content (AvgIpc) is 2.95. The molecule has 2 rings (SSSR count). The zero-order chi connectivity index (χ0) is 14.9. The number of hydrogen-bond acceptors (Lipinski definition) is 6. The molecule has 0 aromatic carbocycles. The minimum atomic E-state index is 0.290. The molecule has 0 aliphatic rings. The fourth-order valence-corrected chi connectivity index (χ4v) is 3.73. The summed E-state index contributed by atoms with van der Waals surface area (Å²) in [5.74, 6) is 0.474. The molecular formula is C13H19ClN4S2. The van der Waals surface area contributed by atoms with E-state index in [4.69, 9.17) is 11.6 Å². The van der Waals surface area contributed by atoms with Gasteiger partial charge in [0.1, 0.15) is 10.0 Å². The third-order valence-corrected chi connectivity index (χ3v) is 5.90. The highest BCUT2D eigenvalue weighted by Crippen LogP contribution is 2.32. The van der Waals surface area contributed by atoms with Crippen molar-refractivity contribution in [1.29, 1.82) is 0 Å². The molecule has 0 N–H and O–H groups in total. The van der Waals surface area contributed by atoms with Gasteiger partial charge < -0.3 is 0 Å². The summed E-state index contributed by atoms with van der Waals surface area (Å²) in [4.78, 5) is 8.21. The molecule has 0 unspecified atom stereocenters. The number of aryl methyl sites for hydroxylation is 1. The van der Waals surface area contributed by atoms with Crippen molar-refractivity contribution in [2.45, 2.75) is 46.2 Å². The lowest BCUT2D eigenvalue weighted by atomic mass is 10.2. The van der Waals surface area contributed by atoms with Crippen LogP contribution in [0.1, 0.15) is 54.0 Å². The second kappa shape index (κ2) is 6.47. The average molecular weight is 331 g/mol. The molecule has 2 heterocycles. The van der Waals surface area contributed by atoms with E-state index in [1.165, 1.54) is 21.4 Å². The van der Waals surface area contributed by atoms with Crippen molar-refractivity contribution in [1.82, 2.24) is 19.5 Å². The van der Waals surface area contributed by atoms with Crippen molar-refractivity contribution in [3.8, 4) is 0 Å². The van der Waals surface area contributed by atoms with Crippen LogP contribution in [-0.2, 0) is 6.54 Å². The first-order valence-corrected chi connectivity index (χ1v) is 8.51. The summed E-state index contributed by atoms with van der Waals surface area (Å²) in [6.45, 7) is 9.33. The first kappa shape index (κ1) is 15.8. The molecule has 4 nitrogen and oxygen atoms in total. The van der Waals surface area contributed by atoms with Crippen LogP contribution in [0.5, 0.6) is 0 Å². The molecule has 0 amide bonds. The van der Waals surface area contributed by atoms with Crippen molar-refractivity contribution < 1.29 is 0 Å². The number of aromatic nitrogens is 3. The summed E-state index contributed by atoms with van der Waals surface area (Å²) in [6.07, 6.45) is 0. The number of thiazole rings is 1. The predicted molar refractivity (Wildman–Crippen MR) is 85.7 cm³/mol. The van der Waals surface area contributed by atoms with Crippen LogP contribution in [0.2, 0.25) is 4.34 Å². The van der Waals surface area contributed by atoms with E-state index in [-0.39, 0.29) is 6.04 Å². The summed E-state index contributed by atoms with van der Waals surface area (Å²) in [5, 5.41) is 5.27. The van der Waals surface area contributed by atoms with E-state index in [1.807, 2.05) is 0 Å². The highest BCUT2D eigenvalue weighted by molar-refractivity contribution is 7.12. The second-order valence-corrected chi connectivity index (χ2v) is 7.66. The molecule has 0 bridgehead atoms. The van der Waals surface area contributed by atoms with E-state index in [2.05, 4.69) is 54.2 Å². The molecule has 2 aromatic rings. The number of nitrogens with zero attached hydrogens (tertiary/aromatic N) is 4. The van der Waals surface area contributed by atoms with E-state index in [0.29, 0.717) is 16.8 Å². The summed E-state index contributed by atoms with van der Waals surface area (Å²) >= 11 is 9.10. The Morgan fingerprint density at radius 2 is 2.00 bits per heavy atom. The zero-order valence-corrected chi connectivity index (χ0v) is 14.7. The maximum atomic E-state index is 6.07. The lowest BCUT2D eigenvalue weighted by molar-refractivity contribution is 0.252. The van der Waals surface area contributed by atoms with Crippen LogP contribution in [0.4, 0.5) is 0 Å². The summed E-state index contributed by atoms with van der Waals surface area (Å²) in [7, 11) is 2.08. The van der Waals surface area contributed by atoms with Gasteiger partial charge in [0.15, 0.2) is 0 Å². The Labute approximate surface area is 133 Å². The molecule has 0 aliphatic carbocycles. The topological polar surface area (TPSA) is 41.9 Å². The molecule has 20 heavy (non-hydrogen) atoms. The first-order chi connectivity index (χ1) is 9.40. The molecule has 0 saturated heterocycles. The standard InChI is InChI=1S/C13H19ClN4S2/c1-7(2)13-15-8(3)11(19-13)9(4)18(5)6-10-12(14)20-17-16-10/h7,9H,6H2,1-5H3/t9-/m0/s1. The maximum absolute atomic E-state index is 6.07. The van der Waals surface area contributed by atoms with Gasteiger partial charge in [-0.1, -0.05) is 29.9 Å². The minimum Gasteiger partial charge on any atom is -0.293 e. The predicted octanol–water partition coefficient (Wildman–Crippen LogP) is 4.27. The highest BCUT2D eigenvalue weighted by atomic mass is 35.5. The number of rotatable bonds is 5. The van der Waals surface area contributed by atoms with Crippen LogP contribution in [0.25, 0.3) is 0 Å². The van der Waals surface area contributed by atoms with Gasteiger partial charge in [-0.3, -0.25) is 4.90 Å². The molecule has 7 heteroatoms. The van der Waals surface area contributed by atoms with E-state index in [0.717, 1.165) is 11.4 Å². The summed E-state index contributed by atoms with van der Waals surface area (Å²) in [6, 6.07) is 0.290. The van der Waals surface area contributed by atoms with Gasteiger partial charge >= 0.3 is 0 Å². The molecule has 0 aliphatic heterocycles. The third-order valence-electron chi connectivity index (χ3n) is 3.29. The fraction of sp³-hybridized carbons (Fsp3) is 0.615. The monoisotopic (exact) mass is 330 g/mol. The van der Waals surface area contributed by atoms with E-state index < -0.39 is 0 Å². The van der Waals surface area contributed by atoms with Crippen molar-refractivity contribution in [2.24, 2.45) is 0 Å². The van der Waals surface area contributed by atoms with Crippen molar-refractivity contribution in [2.75, 3.05) is 7.05 Å². The van der Waals surface area contributed by atoms with Gasteiger partial charge in [0.25, 0.3) is 0 Å². The number of halogens is 1. The SMILES string of the molecule is Cc1nc(C(C)C)sc1[C@H](C)N(C)Cc1nnsc1Cl. The Hall–Kier alpha value is -0.560. The third kappa shape index (κ3) is 3.36. The van der Waals surface area contributed by atoms with Gasteiger partial charge in [0.2, 0.25) is 0 Å². The van der Waals surface area contributed by atoms with Gasteiger partial charge in [-0.05, 0) is 20.9 Å². The fourth-order valence-electron chi connectivity index (χ4n) is 1.93. The second-order valence-electron chi connectivity index (χ2n) is 5.24. The van der Waals surface area contributed by atoms with Gasteiger partial charge in [0, 0.05) is 34.9 Å². The summed E-state index contributed by atoms with van der Waals surface area (Å²) < 4.78 is 4.55. The van der Waals surface area contributed by atoms with E-state index in [9.17, 15) is 0 Å². The molecule has 110 valence electrons. The summed E-state index contributed by atoms with van der Waals surface area (Å²) in [5.41, 5.74) is 1.97. The van der Waals surface area contributed by atoms with Crippen molar-refractivity contribution >= 4 is 34.5 Å². The number of hydrogen-bond donors (Lipinski definition) is 0. The van der Waals surface area contributed by atoms with Crippen molar-refractivity contribution in [3.05, 3.63) is 25.6 Å². The molecule has 2 aromatic heterocycles. The molecule has 0 saturated carbocycles. The Morgan fingerprint density at radius 1 is 1.30 bits per heavy atom. The smallest absolute Gasteiger partial charge is 0.138 e. The molecule has 0 spiro atoms.